The highest BCUT2D eigenvalue weighted by Gasteiger charge is 2.32. The van der Waals surface area contributed by atoms with Gasteiger partial charge in [-0.1, -0.05) is 11.6 Å². The highest BCUT2D eigenvalue weighted by molar-refractivity contribution is 6.32. The molecule has 8 nitrogen and oxygen atoms in total. The van der Waals surface area contributed by atoms with E-state index in [1.54, 1.807) is 0 Å². The second-order valence-corrected chi connectivity index (χ2v) is 4.87. The highest BCUT2D eigenvalue weighted by Crippen LogP contribution is 2.33. The maximum absolute atomic E-state index is 12.7. The van der Waals surface area contributed by atoms with E-state index in [2.05, 4.69) is 14.8 Å². The van der Waals surface area contributed by atoms with Crippen molar-refractivity contribution in [1.82, 2.24) is 14.8 Å². The van der Waals surface area contributed by atoms with Gasteiger partial charge in [0.25, 0.3) is 0 Å². The van der Waals surface area contributed by atoms with E-state index in [-0.39, 0.29) is 11.5 Å². The minimum absolute atomic E-state index is 0.218. The molecule has 2 heterocycles. The molecule has 0 saturated heterocycles. The number of hydrogen-bond acceptors (Lipinski definition) is 6. The van der Waals surface area contributed by atoms with Crippen LogP contribution in [0.4, 0.5) is 18.9 Å². The molecule has 0 amide bonds. The van der Waals surface area contributed by atoms with Crippen molar-refractivity contribution < 1.29 is 27.6 Å². The normalized spacial score (nSPS) is 11.7. The minimum Gasteiger partial charge on any atom is -0.466 e. The van der Waals surface area contributed by atoms with Crippen molar-refractivity contribution in [2.75, 3.05) is 7.11 Å². The first kappa shape index (κ1) is 18.4. The third-order valence-electron chi connectivity index (χ3n) is 2.91. The summed E-state index contributed by atoms with van der Waals surface area (Å²) in [7, 11) is 1.10. The van der Waals surface area contributed by atoms with E-state index in [4.69, 9.17) is 11.6 Å². The van der Waals surface area contributed by atoms with Crippen LogP contribution >= 0.6 is 11.6 Å². The van der Waals surface area contributed by atoms with E-state index >= 15 is 0 Å². The number of alkyl halides is 3. The van der Waals surface area contributed by atoms with Crippen LogP contribution in [0.3, 0.4) is 0 Å². The van der Waals surface area contributed by atoms with Gasteiger partial charge in [-0.3, -0.25) is 10.1 Å². The summed E-state index contributed by atoms with van der Waals surface area (Å²) in [4.78, 5) is 25.0. The third kappa shape index (κ3) is 3.94. The van der Waals surface area contributed by atoms with Gasteiger partial charge in [0.2, 0.25) is 0 Å². The summed E-state index contributed by atoms with van der Waals surface area (Å²) >= 11 is 5.81. The number of halogens is 4. The Morgan fingerprint density at radius 1 is 1.44 bits per heavy atom. The molecule has 2 aromatic rings. The molecule has 25 heavy (non-hydrogen) atoms. The molecule has 12 heteroatoms. The van der Waals surface area contributed by atoms with Crippen LogP contribution in [-0.4, -0.2) is 32.8 Å². The van der Waals surface area contributed by atoms with Gasteiger partial charge in [0, 0.05) is 12.3 Å². The second kappa shape index (κ2) is 6.89. The molecular formula is C13H8ClF3N4O4. The molecule has 0 aliphatic rings. The molecule has 0 saturated carbocycles. The van der Waals surface area contributed by atoms with Crippen LogP contribution in [0.25, 0.3) is 11.9 Å². The van der Waals surface area contributed by atoms with Crippen LogP contribution in [0.5, 0.6) is 0 Å². The van der Waals surface area contributed by atoms with E-state index in [0.29, 0.717) is 12.3 Å². The fourth-order valence-electron chi connectivity index (χ4n) is 1.77. The van der Waals surface area contributed by atoms with Gasteiger partial charge in [0.15, 0.2) is 5.82 Å². The average Bonchev–Trinajstić information content (AvgIpc) is 2.95. The molecule has 0 N–H and O–H groups in total. The van der Waals surface area contributed by atoms with Crippen molar-refractivity contribution in [1.29, 1.82) is 0 Å². The van der Waals surface area contributed by atoms with Gasteiger partial charge in [-0.05, 0) is 12.1 Å². The first-order valence-corrected chi connectivity index (χ1v) is 6.74. The smallest absolute Gasteiger partial charge is 0.417 e. The standard InChI is InChI=1S/C13H8ClF3N4O4/c1-25-11(22)3-2-9-10(21(23)24)6-19-20(9)12-8(14)4-7(5-18-12)13(15,16)17/h2-6H,1H3/b3-2+. The lowest BCUT2D eigenvalue weighted by atomic mass is 10.2. The lowest BCUT2D eigenvalue weighted by Gasteiger charge is -2.09. The maximum Gasteiger partial charge on any atom is 0.417 e. The largest absolute Gasteiger partial charge is 0.466 e. The lowest BCUT2D eigenvalue weighted by molar-refractivity contribution is -0.385. The first-order chi connectivity index (χ1) is 11.6. The quantitative estimate of drug-likeness (QED) is 0.352. The van der Waals surface area contributed by atoms with Gasteiger partial charge in [-0.15, -0.1) is 0 Å². The number of hydrogen-bond donors (Lipinski definition) is 0. The summed E-state index contributed by atoms with van der Waals surface area (Å²) in [5, 5.41) is 14.3. The first-order valence-electron chi connectivity index (χ1n) is 6.36. The van der Waals surface area contributed by atoms with Crippen LogP contribution < -0.4 is 0 Å². The molecule has 0 bridgehead atoms. The van der Waals surface area contributed by atoms with E-state index in [0.717, 1.165) is 30.1 Å². The summed E-state index contributed by atoms with van der Waals surface area (Å²) in [6.07, 6.45) is -1.38. The molecule has 2 rings (SSSR count). The maximum atomic E-state index is 12.7. The number of esters is 1. The Bertz CT molecular complexity index is 863. The highest BCUT2D eigenvalue weighted by atomic mass is 35.5. The molecule has 0 atom stereocenters. The van der Waals surface area contributed by atoms with Crippen LogP contribution in [0.1, 0.15) is 11.3 Å². The zero-order valence-electron chi connectivity index (χ0n) is 12.3. The lowest BCUT2D eigenvalue weighted by Crippen LogP contribution is -2.09. The number of rotatable bonds is 4. The Labute approximate surface area is 142 Å². The monoisotopic (exact) mass is 376 g/mol. The number of ether oxygens (including phenoxy) is 1. The zero-order chi connectivity index (χ0) is 18.8. The number of nitrogens with zero attached hydrogens (tertiary/aromatic N) is 4. The van der Waals surface area contributed by atoms with Crippen molar-refractivity contribution >= 4 is 29.3 Å². The summed E-state index contributed by atoms with van der Waals surface area (Å²) < 4.78 is 43.2. The summed E-state index contributed by atoms with van der Waals surface area (Å²) in [6.45, 7) is 0. The predicted molar refractivity (Wildman–Crippen MR) is 79.1 cm³/mol. The van der Waals surface area contributed by atoms with Crippen LogP contribution in [0, 0.1) is 10.1 Å². The van der Waals surface area contributed by atoms with E-state index in [1.165, 1.54) is 0 Å². The van der Waals surface area contributed by atoms with Gasteiger partial charge in [-0.2, -0.15) is 18.3 Å². The molecule has 132 valence electrons. The number of aromatic nitrogens is 3. The summed E-state index contributed by atoms with van der Waals surface area (Å²) in [5.41, 5.74) is -1.81. The van der Waals surface area contributed by atoms with Crippen LogP contribution in [0.15, 0.2) is 24.5 Å². The molecule has 0 spiro atoms. The topological polar surface area (TPSA) is 100 Å². The van der Waals surface area contributed by atoms with Crippen molar-refractivity contribution in [2.45, 2.75) is 6.18 Å². The van der Waals surface area contributed by atoms with E-state index < -0.39 is 33.3 Å². The Hall–Kier alpha value is -2.95. The minimum atomic E-state index is -4.65. The fraction of sp³-hybridized carbons (Fsp3) is 0.154. The molecule has 2 aromatic heterocycles. The van der Waals surface area contributed by atoms with Crippen molar-refractivity contribution in [3.05, 3.63) is 50.9 Å². The van der Waals surface area contributed by atoms with Gasteiger partial charge in [0.05, 0.1) is 22.6 Å². The summed E-state index contributed by atoms with van der Waals surface area (Å²) in [6, 6.07) is 0.616. The number of nitro groups is 1. The molecular weight excluding hydrogens is 369 g/mol. The SMILES string of the molecule is COC(=O)/C=C/c1c([N+](=O)[O-])cnn1-c1ncc(C(F)(F)F)cc1Cl. The second-order valence-electron chi connectivity index (χ2n) is 4.47. The van der Waals surface area contributed by atoms with Crippen molar-refractivity contribution in [3.63, 3.8) is 0 Å². The third-order valence-corrected chi connectivity index (χ3v) is 3.19. The molecule has 0 fully saturated rings. The Morgan fingerprint density at radius 2 is 2.12 bits per heavy atom. The molecule has 0 aliphatic heterocycles. The van der Waals surface area contributed by atoms with Crippen molar-refractivity contribution in [3.8, 4) is 5.82 Å². The average molecular weight is 377 g/mol. The number of carbonyl (C=O) groups is 1. The predicted octanol–water partition coefficient (Wildman–Crippen LogP) is 3.03. The van der Waals surface area contributed by atoms with Crippen LogP contribution in [0.2, 0.25) is 5.02 Å². The summed E-state index contributed by atoms with van der Waals surface area (Å²) in [5.74, 6) is -1.07. The van der Waals surface area contributed by atoms with E-state index in [1.807, 2.05) is 0 Å². The molecule has 0 unspecified atom stereocenters. The molecule has 0 radical (unpaired) electrons. The Kier molecular flexibility index (Phi) is 5.07. The molecule has 0 aromatic carbocycles. The van der Waals surface area contributed by atoms with Gasteiger partial charge >= 0.3 is 17.8 Å². The zero-order valence-corrected chi connectivity index (χ0v) is 13.1. The fourth-order valence-corrected chi connectivity index (χ4v) is 2.02. The van der Waals surface area contributed by atoms with Crippen molar-refractivity contribution in [2.24, 2.45) is 0 Å². The van der Waals surface area contributed by atoms with Crippen LogP contribution in [-0.2, 0) is 15.7 Å². The molecule has 0 aliphatic carbocycles. The van der Waals surface area contributed by atoms with Gasteiger partial charge in [-0.25, -0.2) is 14.5 Å². The van der Waals surface area contributed by atoms with E-state index in [9.17, 15) is 28.1 Å². The number of methoxy groups -OCH3 is 1. The number of carbonyl (C=O) groups excluding carboxylic acids is 1. The Morgan fingerprint density at radius 3 is 2.64 bits per heavy atom. The van der Waals surface area contributed by atoms with Gasteiger partial charge in [0.1, 0.15) is 11.9 Å². The van der Waals surface area contributed by atoms with Gasteiger partial charge < -0.3 is 4.74 Å². The Balaban J connectivity index is 2.58. The number of pyridine rings is 1.